The Morgan fingerprint density at radius 1 is 1.03 bits per heavy atom. The number of nitrogens with two attached hydrogens (primary N) is 1. The number of carbonyl (C=O) groups excluding carboxylic acids is 2. The Morgan fingerprint density at radius 2 is 1.75 bits per heavy atom. The van der Waals surface area contributed by atoms with Crippen molar-refractivity contribution < 1.29 is 9.59 Å². The number of aromatic nitrogens is 2. The van der Waals surface area contributed by atoms with Gasteiger partial charge in [-0.1, -0.05) is 42.5 Å². The first kappa shape index (κ1) is 21.8. The number of primary amides is 1. The zero-order chi connectivity index (χ0) is 22.7. The molecule has 3 aromatic rings. The lowest BCUT2D eigenvalue weighted by Crippen LogP contribution is -2.39. The number of benzene rings is 2. The van der Waals surface area contributed by atoms with E-state index in [0.29, 0.717) is 37.3 Å². The summed E-state index contributed by atoms with van der Waals surface area (Å²) in [5.74, 6) is -0.0133. The van der Waals surface area contributed by atoms with Crippen LogP contribution in [0.4, 0.5) is 0 Å². The van der Waals surface area contributed by atoms with Gasteiger partial charge in [-0.05, 0) is 55.4 Å². The fourth-order valence-corrected chi connectivity index (χ4v) is 4.33. The molecule has 0 atom stereocenters. The van der Waals surface area contributed by atoms with E-state index in [9.17, 15) is 9.59 Å². The van der Waals surface area contributed by atoms with Gasteiger partial charge in [0.15, 0.2) is 0 Å². The average molecular weight is 431 g/mol. The first-order valence-corrected chi connectivity index (χ1v) is 11.2. The summed E-state index contributed by atoms with van der Waals surface area (Å²) >= 11 is 0. The molecule has 2 aromatic carbocycles. The molecule has 0 unspecified atom stereocenters. The molecule has 6 heteroatoms. The Hall–Kier alpha value is -3.41. The maximum Gasteiger partial charge on any atom is 0.257 e. The summed E-state index contributed by atoms with van der Waals surface area (Å²) in [6.07, 6.45) is 3.86. The van der Waals surface area contributed by atoms with Gasteiger partial charge in [0.25, 0.3) is 5.91 Å². The third-order valence-corrected chi connectivity index (χ3v) is 6.35. The van der Waals surface area contributed by atoms with Crippen molar-refractivity contribution in [2.75, 3.05) is 13.1 Å². The molecule has 1 fully saturated rings. The Bertz CT molecular complexity index is 1110. The number of likely N-dealkylation sites (tertiary alicyclic amines) is 1. The number of hydrogen-bond acceptors (Lipinski definition) is 3. The van der Waals surface area contributed by atoms with Gasteiger partial charge in [0.1, 0.15) is 5.69 Å². The van der Waals surface area contributed by atoms with Crippen molar-refractivity contribution in [2.24, 2.45) is 11.7 Å². The molecule has 1 aromatic heterocycles. The van der Waals surface area contributed by atoms with Crippen LogP contribution < -0.4 is 5.73 Å². The van der Waals surface area contributed by atoms with E-state index in [4.69, 9.17) is 10.8 Å². The predicted molar refractivity (Wildman–Crippen MR) is 125 cm³/mol. The second-order valence-corrected chi connectivity index (χ2v) is 8.78. The molecule has 2 heterocycles. The third kappa shape index (κ3) is 4.90. The molecule has 1 saturated heterocycles. The molecule has 0 spiro atoms. The number of carbonyl (C=O) groups is 2. The van der Waals surface area contributed by atoms with Gasteiger partial charge in [0, 0.05) is 31.3 Å². The van der Waals surface area contributed by atoms with E-state index in [-0.39, 0.29) is 17.7 Å². The number of amides is 2. The van der Waals surface area contributed by atoms with Crippen molar-refractivity contribution >= 4 is 11.8 Å². The summed E-state index contributed by atoms with van der Waals surface area (Å²) in [6, 6.07) is 16.3. The second-order valence-electron chi connectivity index (χ2n) is 8.78. The van der Waals surface area contributed by atoms with Gasteiger partial charge in [-0.15, -0.1) is 0 Å². The fourth-order valence-electron chi connectivity index (χ4n) is 4.33. The Kier molecular flexibility index (Phi) is 6.40. The van der Waals surface area contributed by atoms with Crippen LogP contribution in [0.15, 0.2) is 54.7 Å². The van der Waals surface area contributed by atoms with Gasteiger partial charge >= 0.3 is 0 Å². The molecule has 0 aliphatic carbocycles. The lowest BCUT2D eigenvalue weighted by atomic mass is 9.93. The molecule has 0 bridgehead atoms. The summed E-state index contributed by atoms with van der Waals surface area (Å²) < 4.78 is 1.85. The van der Waals surface area contributed by atoms with E-state index in [1.54, 1.807) is 0 Å². The molecule has 1 aliphatic heterocycles. The first-order chi connectivity index (χ1) is 15.4. The molecule has 1 aliphatic rings. The fraction of sp³-hybridized carbons (Fsp3) is 0.346. The van der Waals surface area contributed by atoms with Crippen molar-refractivity contribution in [2.45, 2.75) is 39.7 Å². The lowest BCUT2D eigenvalue weighted by Gasteiger charge is -2.31. The molecule has 0 radical (unpaired) electrons. The van der Waals surface area contributed by atoms with Gasteiger partial charge in [0.2, 0.25) is 5.91 Å². The molecule has 6 nitrogen and oxygen atoms in total. The zero-order valence-corrected chi connectivity index (χ0v) is 18.8. The lowest BCUT2D eigenvalue weighted by molar-refractivity contribution is -0.119. The normalized spacial score (nSPS) is 14.5. The Morgan fingerprint density at radius 3 is 2.41 bits per heavy atom. The topological polar surface area (TPSA) is 81.2 Å². The van der Waals surface area contributed by atoms with Crippen molar-refractivity contribution in [3.8, 4) is 11.3 Å². The largest absolute Gasteiger partial charge is 0.370 e. The monoisotopic (exact) mass is 430 g/mol. The standard InChI is InChI=1S/C26H30N4O2/c1-18-8-9-22(14-19(18)2)25-23(17-30(28-25)16-21-6-4-3-5-7-21)26(32)29-12-10-20(11-13-29)15-24(27)31/h3-9,14,17,20H,10-13,15-16H2,1-2H3,(H2,27,31). The molecular formula is C26H30N4O2. The summed E-state index contributed by atoms with van der Waals surface area (Å²) in [7, 11) is 0. The Balaban J connectivity index is 1.62. The van der Waals surface area contributed by atoms with Crippen LogP contribution in [0.1, 0.15) is 46.3 Å². The van der Waals surface area contributed by atoms with Crippen LogP contribution >= 0.6 is 0 Å². The SMILES string of the molecule is Cc1ccc(-c2nn(Cc3ccccc3)cc2C(=O)N2CCC(CC(N)=O)CC2)cc1C. The highest BCUT2D eigenvalue weighted by atomic mass is 16.2. The molecule has 2 amide bonds. The van der Waals surface area contributed by atoms with Crippen LogP contribution in [-0.2, 0) is 11.3 Å². The first-order valence-electron chi connectivity index (χ1n) is 11.2. The van der Waals surface area contributed by atoms with Crippen LogP contribution in [0.5, 0.6) is 0 Å². The summed E-state index contributed by atoms with van der Waals surface area (Å²) in [5, 5.41) is 4.82. The summed E-state index contributed by atoms with van der Waals surface area (Å²) in [5.41, 5.74) is 11.2. The van der Waals surface area contributed by atoms with Gasteiger partial charge in [-0.25, -0.2) is 0 Å². The molecule has 0 saturated carbocycles. The molecular weight excluding hydrogens is 400 g/mol. The van der Waals surface area contributed by atoms with E-state index < -0.39 is 0 Å². The van der Waals surface area contributed by atoms with E-state index in [1.807, 2.05) is 40.0 Å². The van der Waals surface area contributed by atoms with Crippen molar-refractivity contribution in [3.05, 3.63) is 77.0 Å². The molecule has 2 N–H and O–H groups in total. The number of piperidine rings is 1. The Labute approximate surface area is 189 Å². The second kappa shape index (κ2) is 9.39. The van der Waals surface area contributed by atoms with E-state index in [2.05, 4.69) is 38.1 Å². The highest BCUT2D eigenvalue weighted by Gasteiger charge is 2.28. The maximum absolute atomic E-state index is 13.5. The van der Waals surface area contributed by atoms with E-state index >= 15 is 0 Å². The van der Waals surface area contributed by atoms with Gasteiger partial charge in [-0.2, -0.15) is 5.10 Å². The third-order valence-electron chi connectivity index (χ3n) is 6.35. The van der Waals surface area contributed by atoms with Crippen LogP contribution in [0.3, 0.4) is 0 Å². The van der Waals surface area contributed by atoms with Crippen LogP contribution in [0.25, 0.3) is 11.3 Å². The van der Waals surface area contributed by atoms with Gasteiger partial charge < -0.3 is 10.6 Å². The minimum atomic E-state index is -0.269. The number of aryl methyl sites for hydroxylation is 2. The van der Waals surface area contributed by atoms with Crippen molar-refractivity contribution in [1.82, 2.24) is 14.7 Å². The highest BCUT2D eigenvalue weighted by Crippen LogP contribution is 2.28. The number of hydrogen-bond donors (Lipinski definition) is 1. The zero-order valence-electron chi connectivity index (χ0n) is 18.8. The summed E-state index contributed by atoms with van der Waals surface area (Å²) in [6.45, 7) is 6.02. The van der Waals surface area contributed by atoms with E-state index in [0.717, 1.165) is 24.0 Å². The molecule has 4 rings (SSSR count). The van der Waals surface area contributed by atoms with Crippen LogP contribution in [0.2, 0.25) is 0 Å². The van der Waals surface area contributed by atoms with Gasteiger partial charge in [0.05, 0.1) is 12.1 Å². The minimum absolute atomic E-state index is 0.00457. The van der Waals surface area contributed by atoms with E-state index in [1.165, 1.54) is 11.1 Å². The number of rotatable bonds is 6. The minimum Gasteiger partial charge on any atom is -0.370 e. The highest BCUT2D eigenvalue weighted by molar-refractivity contribution is 6.00. The quantitative estimate of drug-likeness (QED) is 0.643. The van der Waals surface area contributed by atoms with Crippen molar-refractivity contribution in [3.63, 3.8) is 0 Å². The van der Waals surface area contributed by atoms with Crippen molar-refractivity contribution in [1.29, 1.82) is 0 Å². The molecule has 32 heavy (non-hydrogen) atoms. The smallest absolute Gasteiger partial charge is 0.257 e. The van der Waals surface area contributed by atoms with Gasteiger partial charge in [-0.3, -0.25) is 14.3 Å². The predicted octanol–water partition coefficient (Wildman–Crippen LogP) is 3.94. The van der Waals surface area contributed by atoms with Crippen LogP contribution in [-0.4, -0.2) is 39.6 Å². The number of nitrogens with zero attached hydrogens (tertiary/aromatic N) is 3. The maximum atomic E-state index is 13.5. The van der Waals surface area contributed by atoms with Crippen LogP contribution in [0, 0.1) is 19.8 Å². The summed E-state index contributed by atoms with van der Waals surface area (Å²) in [4.78, 5) is 26.6. The molecule has 166 valence electrons. The average Bonchev–Trinajstić information content (AvgIpc) is 3.19.